The Morgan fingerprint density at radius 3 is 2.74 bits per heavy atom. The van der Waals surface area contributed by atoms with E-state index in [0.717, 1.165) is 6.20 Å². The van der Waals surface area contributed by atoms with Crippen molar-refractivity contribution in [2.75, 3.05) is 16.8 Å². The van der Waals surface area contributed by atoms with Gasteiger partial charge in [-0.3, -0.25) is 4.98 Å². The van der Waals surface area contributed by atoms with Crippen LogP contribution in [0, 0.1) is 24.1 Å². The van der Waals surface area contributed by atoms with Gasteiger partial charge in [0.15, 0.2) is 11.5 Å². The van der Waals surface area contributed by atoms with E-state index in [2.05, 4.69) is 30.4 Å². The van der Waals surface area contributed by atoms with Crippen molar-refractivity contribution < 1.29 is 4.39 Å². The first kappa shape index (κ1) is 20.2. The Labute approximate surface area is 180 Å². The second-order valence-electron chi connectivity index (χ2n) is 6.77. The minimum Gasteiger partial charge on any atom is -0.382 e. The van der Waals surface area contributed by atoms with E-state index in [-0.39, 0.29) is 23.1 Å². The van der Waals surface area contributed by atoms with Crippen LogP contribution in [0.5, 0.6) is 0 Å². The van der Waals surface area contributed by atoms with Gasteiger partial charge in [0.1, 0.15) is 28.3 Å². The molecule has 0 saturated heterocycles. The maximum Gasteiger partial charge on any atom is 0.224 e. The number of anilines is 3. The standard InChI is InChI=1S/C19H16ClFN10/c1-8(26-17-12(4-22)16(23)28-19(24)29-17)13-7-31-18(14(20)9(2)30-31)27-15(13)10-3-11(21)6-25-5-10/h3,5-8H,1-2H3,(H5,23,24,26,28,29)/t8-/m0/s1. The minimum atomic E-state index is -0.510. The molecule has 0 aromatic carbocycles. The fourth-order valence-corrected chi connectivity index (χ4v) is 3.32. The zero-order valence-electron chi connectivity index (χ0n) is 16.4. The molecule has 5 N–H and O–H groups in total. The van der Waals surface area contributed by atoms with Gasteiger partial charge in [-0.05, 0) is 19.9 Å². The highest BCUT2D eigenvalue weighted by molar-refractivity contribution is 6.34. The average molecular weight is 439 g/mol. The van der Waals surface area contributed by atoms with Gasteiger partial charge in [-0.15, -0.1) is 0 Å². The predicted octanol–water partition coefficient (Wildman–Crippen LogP) is 2.89. The van der Waals surface area contributed by atoms with Crippen LogP contribution in [0.2, 0.25) is 5.02 Å². The molecule has 4 aromatic rings. The molecule has 0 saturated carbocycles. The molecule has 0 aliphatic rings. The van der Waals surface area contributed by atoms with Gasteiger partial charge in [0.2, 0.25) is 5.95 Å². The van der Waals surface area contributed by atoms with Crippen LogP contribution in [0.4, 0.5) is 22.0 Å². The summed E-state index contributed by atoms with van der Waals surface area (Å²) < 4.78 is 15.4. The monoisotopic (exact) mass is 438 g/mol. The van der Waals surface area contributed by atoms with Gasteiger partial charge in [-0.2, -0.15) is 20.3 Å². The highest BCUT2D eigenvalue weighted by atomic mass is 35.5. The molecule has 12 heteroatoms. The first-order chi connectivity index (χ1) is 14.8. The van der Waals surface area contributed by atoms with Crippen LogP contribution >= 0.6 is 11.6 Å². The number of hydrogen-bond acceptors (Lipinski definition) is 9. The first-order valence-corrected chi connectivity index (χ1v) is 9.42. The quantitative estimate of drug-likeness (QED) is 0.435. The van der Waals surface area contributed by atoms with E-state index < -0.39 is 11.9 Å². The van der Waals surface area contributed by atoms with Gasteiger partial charge in [-0.25, -0.2) is 13.9 Å². The van der Waals surface area contributed by atoms with Crippen LogP contribution in [0.3, 0.4) is 0 Å². The number of halogens is 2. The van der Waals surface area contributed by atoms with Crippen LogP contribution < -0.4 is 16.8 Å². The summed E-state index contributed by atoms with van der Waals surface area (Å²) in [5.41, 5.74) is 14.1. The Morgan fingerprint density at radius 2 is 2.03 bits per heavy atom. The second-order valence-corrected chi connectivity index (χ2v) is 7.15. The molecule has 4 aromatic heterocycles. The normalized spacial score (nSPS) is 12.0. The third kappa shape index (κ3) is 3.64. The number of aromatic nitrogens is 6. The van der Waals surface area contributed by atoms with Gasteiger partial charge >= 0.3 is 0 Å². The van der Waals surface area contributed by atoms with E-state index in [1.807, 2.05) is 13.0 Å². The van der Waals surface area contributed by atoms with Crippen LogP contribution in [0.25, 0.3) is 16.9 Å². The SMILES string of the molecule is Cc1nn2cc([C@H](C)Nc3nc(N)nc(N)c3C#N)c(-c3cncc(F)c3)nc2c1Cl. The summed E-state index contributed by atoms with van der Waals surface area (Å²) in [6.07, 6.45) is 4.32. The van der Waals surface area contributed by atoms with Crippen molar-refractivity contribution in [2.24, 2.45) is 0 Å². The summed E-state index contributed by atoms with van der Waals surface area (Å²) in [5.74, 6) is -0.464. The van der Waals surface area contributed by atoms with Crippen molar-refractivity contribution >= 4 is 34.8 Å². The number of hydrogen-bond donors (Lipinski definition) is 3. The molecule has 0 unspecified atom stereocenters. The maximum absolute atomic E-state index is 13.9. The number of rotatable bonds is 4. The summed E-state index contributed by atoms with van der Waals surface area (Å²) in [7, 11) is 0. The van der Waals surface area contributed by atoms with Crippen molar-refractivity contribution in [3.05, 3.63) is 52.3 Å². The van der Waals surface area contributed by atoms with Crippen LogP contribution in [0.1, 0.15) is 29.8 Å². The lowest BCUT2D eigenvalue weighted by Crippen LogP contribution is -2.15. The molecule has 0 aliphatic carbocycles. The topological polar surface area (TPSA) is 157 Å². The summed E-state index contributed by atoms with van der Waals surface area (Å²) in [6.45, 7) is 3.57. The van der Waals surface area contributed by atoms with Crippen LogP contribution in [-0.4, -0.2) is 29.5 Å². The summed E-state index contributed by atoms with van der Waals surface area (Å²) in [6, 6.07) is 2.81. The number of fused-ring (bicyclic) bond motifs is 1. The molecule has 4 rings (SSSR count). The highest BCUT2D eigenvalue weighted by Crippen LogP contribution is 2.32. The fourth-order valence-electron chi connectivity index (χ4n) is 3.15. The van der Waals surface area contributed by atoms with Gasteiger partial charge in [0, 0.05) is 23.5 Å². The Hall–Kier alpha value is -4.04. The lowest BCUT2D eigenvalue weighted by molar-refractivity contribution is 0.622. The summed E-state index contributed by atoms with van der Waals surface area (Å²) in [5, 5.41) is 17.3. The summed E-state index contributed by atoms with van der Waals surface area (Å²) >= 11 is 6.34. The molecule has 31 heavy (non-hydrogen) atoms. The molecule has 0 aliphatic heterocycles. The summed E-state index contributed by atoms with van der Waals surface area (Å²) in [4.78, 5) is 16.4. The van der Waals surface area contributed by atoms with E-state index >= 15 is 0 Å². The Morgan fingerprint density at radius 1 is 1.26 bits per heavy atom. The third-order valence-corrected chi connectivity index (χ3v) is 5.05. The van der Waals surface area contributed by atoms with E-state index in [9.17, 15) is 9.65 Å². The van der Waals surface area contributed by atoms with Gasteiger partial charge in [0.05, 0.1) is 23.6 Å². The number of aryl methyl sites for hydroxylation is 1. The fraction of sp³-hybridized carbons (Fsp3) is 0.158. The number of nitrogens with one attached hydrogen (secondary N) is 1. The second kappa shape index (κ2) is 7.66. The van der Waals surface area contributed by atoms with Crippen molar-refractivity contribution in [3.8, 4) is 17.3 Å². The zero-order chi connectivity index (χ0) is 22.3. The molecule has 0 fully saturated rings. The van der Waals surface area contributed by atoms with Crippen LogP contribution in [0.15, 0.2) is 24.7 Å². The predicted molar refractivity (Wildman–Crippen MR) is 114 cm³/mol. The molecule has 156 valence electrons. The molecule has 1 atom stereocenters. The molecule has 4 heterocycles. The third-order valence-electron chi connectivity index (χ3n) is 4.61. The van der Waals surface area contributed by atoms with E-state index in [0.29, 0.717) is 33.2 Å². The Kier molecular flexibility index (Phi) is 5.00. The van der Waals surface area contributed by atoms with Crippen molar-refractivity contribution in [1.29, 1.82) is 5.26 Å². The lowest BCUT2D eigenvalue weighted by atomic mass is 10.0. The van der Waals surface area contributed by atoms with E-state index in [4.69, 9.17) is 23.1 Å². The molecule has 0 spiro atoms. The smallest absolute Gasteiger partial charge is 0.224 e. The van der Waals surface area contributed by atoms with Crippen molar-refractivity contribution in [1.82, 2.24) is 29.5 Å². The molecule has 0 bridgehead atoms. The number of nitrogen functional groups attached to an aromatic ring is 2. The largest absolute Gasteiger partial charge is 0.382 e. The van der Waals surface area contributed by atoms with Crippen molar-refractivity contribution in [3.63, 3.8) is 0 Å². The number of nitriles is 1. The Balaban J connectivity index is 1.88. The van der Waals surface area contributed by atoms with Gasteiger partial charge in [0.25, 0.3) is 0 Å². The van der Waals surface area contributed by atoms with Crippen LogP contribution in [-0.2, 0) is 0 Å². The molecular formula is C19H16ClFN10. The highest BCUT2D eigenvalue weighted by Gasteiger charge is 2.21. The van der Waals surface area contributed by atoms with Gasteiger partial charge in [-0.1, -0.05) is 11.6 Å². The maximum atomic E-state index is 13.9. The first-order valence-electron chi connectivity index (χ1n) is 9.04. The van der Waals surface area contributed by atoms with E-state index in [1.54, 1.807) is 13.1 Å². The van der Waals surface area contributed by atoms with E-state index in [1.165, 1.54) is 16.8 Å². The average Bonchev–Trinajstić information content (AvgIpc) is 3.00. The molecule has 10 nitrogen and oxygen atoms in total. The molecule has 0 amide bonds. The van der Waals surface area contributed by atoms with Gasteiger partial charge < -0.3 is 16.8 Å². The minimum absolute atomic E-state index is 0.0395. The zero-order valence-corrected chi connectivity index (χ0v) is 17.2. The molecule has 0 radical (unpaired) electrons. The number of pyridine rings is 1. The number of nitrogens with two attached hydrogens (primary N) is 2. The Bertz CT molecular complexity index is 1360. The lowest BCUT2D eigenvalue weighted by Gasteiger charge is -2.19. The molecular weight excluding hydrogens is 423 g/mol. The van der Waals surface area contributed by atoms with Crippen molar-refractivity contribution in [2.45, 2.75) is 19.9 Å². The number of nitrogens with zero attached hydrogens (tertiary/aromatic N) is 7.